The van der Waals surface area contributed by atoms with E-state index in [1.54, 1.807) is 19.1 Å². The van der Waals surface area contributed by atoms with Crippen LogP contribution < -0.4 is 31.7 Å². The van der Waals surface area contributed by atoms with Crippen LogP contribution >= 0.6 is 0 Å². The first-order valence-corrected chi connectivity index (χ1v) is 32.2. The third-order valence-corrected chi connectivity index (χ3v) is 15.1. The van der Waals surface area contributed by atoms with Gasteiger partial charge in [-0.3, -0.25) is 47.9 Å². The van der Waals surface area contributed by atoms with Crippen molar-refractivity contribution in [3.63, 3.8) is 0 Å². The number of primary amides is 1. The Morgan fingerprint density at radius 1 is 0.581 bits per heavy atom. The van der Waals surface area contributed by atoms with Gasteiger partial charge in [-0.15, -0.1) is 10.2 Å². The van der Waals surface area contributed by atoms with Crippen molar-refractivity contribution in [1.82, 2.24) is 46.6 Å². The van der Waals surface area contributed by atoms with E-state index >= 15 is 0 Å². The highest BCUT2D eigenvalue weighted by atomic mass is 32.2. The van der Waals surface area contributed by atoms with E-state index in [-0.39, 0.29) is 107 Å². The predicted octanol–water partition coefficient (Wildman–Crippen LogP) is 5.40. The lowest BCUT2D eigenvalue weighted by atomic mass is 10.0. The van der Waals surface area contributed by atoms with Crippen molar-refractivity contribution in [3.05, 3.63) is 41.2 Å². The van der Waals surface area contributed by atoms with E-state index in [2.05, 4.69) is 46.6 Å². The number of ether oxygens (including phenoxy) is 2. The Bertz CT molecular complexity index is 2410. The summed E-state index contributed by atoms with van der Waals surface area (Å²) >= 11 is 0. The number of aliphatic carboxylic acids is 2. The third-order valence-electron chi connectivity index (χ3n) is 13.7. The fourth-order valence-corrected chi connectivity index (χ4v) is 9.54. The summed E-state index contributed by atoms with van der Waals surface area (Å²) in [7, 11) is -3.73. The first-order valence-electron chi connectivity index (χ1n) is 30.5. The van der Waals surface area contributed by atoms with Gasteiger partial charge in [-0.05, 0) is 83.3 Å². The second-order valence-electron chi connectivity index (χ2n) is 21.4. The molecule has 0 saturated carbocycles. The maximum Gasteiger partial charge on any atom is 0.326 e. The number of amides is 6. The van der Waals surface area contributed by atoms with Crippen molar-refractivity contribution >= 4 is 69.0 Å². The molecule has 0 aliphatic carbocycles. The summed E-state index contributed by atoms with van der Waals surface area (Å²) < 4.78 is 36.9. The van der Waals surface area contributed by atoms with Gasteiger partial charge in [-0.2, -0.15) is 5.21 Å². The quantitative estimate of drug-likeness (QED) is 0.0374. The lowest BCUT2D eigenvalue weighted by Crippen LogP contribution is -2.45. The number of ketones is 2. The predicted molar refractivity (Wildman–Crippen MR) is 320 cm³/mol. The van der Waals surface area contributed by atoms with Crippen molar-refractivity contribution in [3.8, 4) is 0 Å². The minimum Gasteiger partial charge on any atom is -0.481 e. The molecule has 27 heteroatoms. The summed E-state index contributed by atoms with van der Waals surface area (Å²) in [6.45, 7) is 6.17. The van der Waals surface area contributed by atoms with E-state index < -0.39 is 63.6 Å². The number of carbonyl (C=O) groups excluding carboxylic acids is 8. The molecule has 86 heavy (non-hydrogen) atoms. The largest absolute Gasteiger partial charge is 0.481 e. The molecule has 10 N–H and O–H groups in total. The van der Waals surface area contributed by atoms with Crippen LogP contribution in [0.2, 0.25) is 0 Å². The molecule has 1 unspecified atom stereocenters. The summed E-state index contributed by atoms with van der Waals surface area (Å²) in [5.41, 5.74) is 7.02. The van der Waals surface area contributed by atoms with Crippen LogP contribution in [0.15, 0.2) is 24.3 Å². The number of carboxylic acid groups (broad SMARTS) is 2. The van der Waals surface area contributed by atoms with Crippen LogP contribution in [0.1, 0.15) is 215 Å². The zero-order valence-electron chi connectivity index (χ0n) is 50.9. The molecule has 2 rings (SSSR count). The minimum atomic E-state index is -3.73. The van der Waals surface area contributed by atoms with Crippen molar-refractivity contribution < 1.29 is 76.0 Å². The lowest BCUT2D eigenvalue weighted by Gasteiger charge is -2.15. The fourth-order valence-electron chi connectivity index (χ4n) is 8.46. The molecular formula is C59H98N10O16S. The number of aromatic amines is 1. The standard InChI is InChI=1S/C32H48N4O11.C27H50N6O5S/c1-21-8-11-23(12-9-21)30(41)34-16-4-3-7-25(29(33)40)35-28(39)20-47-19-18-46-17-5-6-24(37)13-14-26(32(44)45)36-27(38)15-10-22(2)31(42)43;1-2-24(34)18-16-22-28-26(35)21-17-23-39(37,38)31-27(36)20-15-13-11-9-7-5-3-4-6-8-10-12-14-19-25-29-32-33-30-25/h8-9,11-12,22,25-26H,3-7,10,13-20H2,1-2H3,(H2,33,40)(H,34,41)(H,35,39)(H,36,38)(H,42,43)(H,44,45);2-23H2,1H3,(H,28,35)(H,31,36)(H,29,30,32,33)/t22-,25-,26?;/m0./s1. The maximum atomic E-state index is 12.2. The number of benzene rings is 1. The van der Waals surface area contributed by atoms with Crippen molar-refractivity contribution in [2.75, 3.05) is 45.3 Å². The van der Waals surface area contributed by atoms with E-state index in [0.717, 1.165) is 43.5 Å². The van der Waals surface area contributed by atoms with Gasteiger partial charge in [0.15, 0.2) is 5.82 Å². The van der Waals surface area contributed by atoms with E-state index in [0.29, 0.717) is 70.0 Å². The number of carbonyl (C=O) groups is 10. The van der Waals surface area contributed by atoms with E-state index in [1.807, 2.05) is 19.1 Å². The third kappa shape index (κ3) is 43.0. The van der Waals surface area contributed by atoms with E-state index in [1.165, 1.54) is 58.3 Å². The normalized spacial score (nSPS) is 12.1. The number of unbranched alkanes of at least 4 members (excludes halogenated alkanes) is 13. The molecule has 1 heterocycles. The number of hydrogen-bond donors (Lipinski definition) is 9. The Kier molecular flexibility index (Phi) is 43.5. The number of Topliss-reactive ketones (excluding diaryl/α,β-unsaturated/α-hetero) is 2. The van der Waals surface area contributed by atoms with E-state index in [4.69, 9.17) is 20.3 Å². The maximum absolute atomic E-state index is 12.2. The summed E-state index contributed by atoms with van der Waals surface area (Å²) in [6, 6.07) is 5.07. The highest BCUT2D eigenvalue weighted by Crippen LogP contribution is 2.15. The SMILES string of the molecule is CCC(=O)CCCNC(=O)CCCS(=O)(=O)NC(=O)CCCCCCCCCCCCCCCc1nn[nH]n1.Cc1ccc(C(=O)NCCCC[C@H](NC(=O)COCCOCCCC(=O)CCC(NC(=O)CC[C@H](C)C(=O)O)C(=O)O)C(N)=O)cc1. The number of aryl methyl sites for hydroxylation is 2. The van der Waals surface area contributed by atoms with Gasteiger partial charge in [-0.1, -0.05) is 107 Å². The number of rotatable bonds is 52. The molecule has 0 spiro atoms. The van der Waals surface area contributed by atoms with Crippen LogP contribution in [-0.4, -0.2) is 156 Å². The number of nitrogens with two attached hydrogens (primary N) is 1. The summed E-state index contributed by atoms with van der Waals surface area (Å²) in [4.78, 5) is 117. The number of tetrazole rings is 1. The highest BCUT2D eigenvalue weighted by molar-refractivity contribution is 7.90. The molecule has 6 amide bonds. The Labute approximate surface area is 507 Å². The average molecular weight is 1240 g/mol. The van der Waals surface area contributed by atoms with Crippen LogP contribution in [0.5, 0.6) is 0 Å². The van der Waals surface area contributed by atoms with Gasteiger partial charge >= 0.3 is 11.9 Å². The average Bonchev–Trinajstić information content (AvgIpc) is 4.03. The van der Waals surface area contributed by atoms with Gasteiger partial charge in [0.2, 0.25) is 39.6 Å². The summed E-state index contributed by atoms with van der Waals surface area (Å²) in [5.74, 6) is -5.26. The monoisotopic (exact) mass is 1230 g/mol. The molecule has 0 aliphatic heterocycles. The Morgan fingerprint density at radius 2 is 1.17 bits per heavy atom. The van der Waals surface area contributed by atoms with Crippen LogP contribution in [-0.2, 0) is 69.1 Å². The van der Waals surface area contributed by atoms with Gasteiger partial charge in [-0.25, -0.2) is 13.2 Å². The molecule has 3 atom stereocenters. The van der Waals surface area contributed by atoms with Gasteiger partial charge in [0.05, 0.1) is 24.9 Å². The molecule has 0 bridgehead atoms. The molecule has 1 aromatic heterocycles. The minimum absolute atomic E-state index is 0.0577. The topological polar surface area (TPSA) is 404 Å². The smallest absolute Gasteiger partial charge is 0.326 e. The van der Waals surface area contributed by atoms with Crippen LogP contribution in [0.25, 0.3) is 0 Å². The summed E-state index contributed by atoms with van der Waals surface area (Å²) in [6.07, 6.45) is 19.5. The van der Waals surface area contributed by atoms with Gasteiger partial charge in [0.25, 0.3) is 5.91 Å². The second-order valence-corrected chi connectivity index (χ2v) is 23.3. The van der Waals surface area contributed by atoms with Crippen LogP contribution in [0, 0.1) is 12.8 Å². The molecule has 0 fully saturated rings. The Morgan fingerprint density at radius 3 is 1.78 bits per heavy atom. The first kappa shape index (κ1) is 77.3. The highest BCUT2D eigenvalue weighted by Gasteiger charge is 2.23. The molecular weight excluding hydrogens is 1140 g/mol. The van der Waals surface area contributed by atoms with Crippen molar-refractivity contribution in [2.45, 2.75) is 219 Å². The van der Waals surface area contributed by atoms with Gasteiger partial charge in [0, 0.05) is 76.6 Å². The van der Waals surface area contributed by atoms with Gasteiger partial charge < -0.3 is 46.7 Å². The Balaban J connectivity index is 0.000000875. The lowest BCUT2D eigenvalue weighted by molar-refractivity contribution is -0.143. The number of hydrogen-bond acceptors (Lipinski definition) is 17. The molecule has 0 radical (unpaired) electrons. The van der Waals surface area contributed by atoms with Crippen molar-refractivity contribution in [2.24, 2.45) is 11.7 Å². The molecule has 26 nitrogen and oxygen atoms in total. The van der Waals surface area contributed by atoms with Crippen LogP contribution in [0.4, 0.5) is 0 Å². The fraction of sp³-hybridized carbons (Fsp3) is 0.712. The number of sulfonamides is 1. The summed E-state index contributed by atoms with van der Waals surface area (Å²) in [5, 5.41) is 42.5. The number of H-pyrrole nitrogens is 1. The molecule has 0 saturated heterocycles. The molecule has 1 aromatic carbocycles. The number of nitrogens with one attached hydrogen (secondary N) is 6. The molecule has 0 aliphatic rings. The van der Waals surface area contributed by atoms with E-state index in [9.17, 15) is 61.5 Å². The molecule has 2 aromatic rings. The first-order chi connectivity index (χ1) is 41.1. The number of carboxylic acids is 2. The molecule has 486 valence electrons. The number of aromatic nitrogens is 4. The zero-order valence-corrected chi connectivity index (χ0v) is 51.8. The Hall–Kier alpha value is -6.74. The second kappa shape index (κ2) is 48.4. The van der Waals surface area contributed by atoms with Crippen LogP contribution in [0.3, 0.4) is 0 Å². The zero-order chi connectivity index (χ0) is 63.8. The number of nitrogens with zero attached hydrogens (tertiary/aromatic N) is 3. The van der Waals surface area contributed by atoms with Crippen molar-refractivity contribution in [1.29, 1.82) is 0 Å². The van der Waals surface area contributed by atoms with Gasteiger partial charge in [0.1, 0.15) is 30.3 Å².